The Morgan fingerprint density at radius 3 is 2.06 bits per heavy atom. The smallest absolute Gasteiger partial charge is 0.243 e. The van der Waals surface area contributed by atoms with E-state index in [4.69, 9.17) is 18.9 Å². The van der Waals surface area contributed by atoms with Crippen LogP contribution in [-0.2, 0) is 14.8 Å². The van der Waals surface area contributed by atoms with Gasteiger partial charge in [-0.05, 0) is 47.9 Å². The molecule has 2 atom stereocenters. The minimum atomic E-state index is -3.84. The minimum absolute atomic E-state index is 0.0552. The zero-order valence-corrected chi connectivity index (χ0v) is 21.8. The predicted octanol–water partition coefficient (Wildman–Crippen LogP) is 2.90. The van der Waals surface area contributed by atoms with Crippen LogP contribution in [0.4, 0.5) is 0 Å². The third-order valence-electron chi connectivity index (χ3n) is 6.12. The first-order valence-corrected chi connectivity index (χ1v) is 12.8. The van der Waals surface area contributed by atoms with Crippen LogP contribution in [0, 0.1) is 11.8 Å². The molecule has 2 aromatic carbocycles. The first kappa shape index (κ1) is 26.6. The highest BCUT2D eigenvalue weighted by Gasteiger charge is 2.44. The van der Waals surface area contributed by atoms with Gasteiger partial charge in [-0.15, -0.1) is 0 Å². The second kappa shape index (κ2) is 11.2. The highest BCUT2D eigenvalue weighted by Crippen LogP contribution is 2.44. The molecule has 0 radical (unpaired) electrons. The average Bonchev–Trinajstić information content (AvgIpc) is 3.32. The van der Waals surface area contributed by atoms with E-state index in [-0.39, 0.29) is 29.8 Å². The zero-order valence-electron chi connectivity index (χ0n) is 21.0. The van der Waals surface area contributed by atoms with E-state index in [1.54, 1.807) is 24.3 Å². The lowest BCUT2D eigenvalue weighted by atomic mass is 9.87. The van der Waals surface area contributed by atoms with E-state index < -0.39 is 21.9 Å². The van der Waals surface area contributed by atoms with Crippen molar-refractivity contribution in [2.45, 2.75) is 24.7 Å². The van der Waals surface area contributed by atoms with E-state index in [1.165, 1.54) is 44.9 Å². The van der Waals surface area contributed by atoms with Gasteiger partial charge in [-0.2, -0.15) is 4.31 Å². The third kappa shape index (κ3) is 5.65. The number of carbonyl (C=O) groups excluding carboxylic acids is 1. The maximum atomic E-state index is 13.5. The fraction of sp³-hybridized carbons (Fsp3) is 0.480. The fourth-order valence-electron chi connectivity index (χ4n) is 4.22. The van der Waals surface area contributed by atoms with E-state index in [9.17, 15) is 13.2 Å². The van der Waals surface area contributed by atoms with Crippen LogP contribution in [0.5, 0.6) is 23.0 Å². The average molecular weight is 507 g/mol. The summed E-state index contributed by atoms with van der Waals surface area (Å²) in [4.78, 5) is 13.4. The van der Waals surface area contributed by atoms with E-state index in [0.717, 1.165) is 5.56 Å². The number of nitrogens with zero attached hydrogens (tertiary/aromatic N) is 1. The molecule has 1 saturated heterocycles. The van der Waals surface area contributed by atoms with Crippen LogP contribution in [0.25, 0.3) is 0 Å². The van der Waals surface area contributed by atoms with Gasteiger partial charge in [0, 0.05) is 25.6 Å². The van der Waals surface area contributed by atoms with Crippen molar-refractivity contribution in [2.75, 3.05) is 48.1 Å². The lowest BCUT2D eigenvalue weighted by molar-refractivity contribution is -0.125. The number of hydrogen-bond donors (Lipinski definition) is 1. The maximum Gasteiger partial charge on any atom is 0.243 e. The number of rotatable bonds is 10. The molecule has 2 aromatic rings. The molecule has 9 nitrogen and oxygen atoms in total. The molecule has 1 fully saturated rings. The summed E-state index contributed by atoms with van der Waals surface area (Å²) in [7, 11) is 2.23. The number of nitrogens with one attached hydrogen (secondary N) is 1. The number of sulfonamides is 1. The lowest BCUT2D eigenvalue weighted by Crippen LogP contribution is -2.37. The van der Waals surface area contributed by atoms with Crippen LogP contribution < -0.4 is 24.3 Å². The quantitative estimate of drug-likeness (QED) is 0.529. The fourth-order valence-corrected chi connectivity index (χ4v) is 5.71. The van der Waals surface area contributed by atoms with Gasteiger partial charge in [0.25, 0.3) is 0 Å². The summed E-state index contributed by atoms with van der Waals surface area (Å²) in [5.74, 6) is 0.948. The molecule has 3 rings (SSSR count). The van der Waals surface area contributed by atoms with Crippen molar-refractivity contribution in [3.8, 4) is 23.0 Å². The van der Waals surface area contributed by atoms with Crippen molar-refractivity contribution < 1.29 is 32.2 Å². The van der Waals surface area contributed by atoms with Gasteiger partial charge in [0.15, 0.2) is 11.5 Å². The van der Waals surface area contributed by atoms with E-state index in [0.29, 0.717) is 29.5 Å². The van der Waals surface area contributed by atoms with Crippen LogP contribution in [0.15, 0.2) is 41.3 Å². The first-order chi connectivity index (χ1) is 16.7. The van der Waals surface area contributed by atoms with Gasteiger partial charge in [-0.3, -0.25) is 4.79 Å². The molecule has 0 bridgehead atoms. The van der Waals surface area contributed by atoms with E-state index in [2.05, 4.69) is 5.32 Å². The Balaban J connectivity index is 2.01. The molecule has 1 amide bonds. The minimum Gasteiger partial charge on any atom is -0.497 e. The Labute approximate surface area is 207 Å². The van der Waals surface area contributed by atoms with Crippen LogP contribution >= 0.6 is 0 Å². The lowest BCUT2D eigenvalue weighted by Gasteiger charge is -2.21. The van der Waals surface area contributed by atoms with Crippen LogP contribution in [0.2, 0.25) is 0 Å². The molecule has 1 heterocycles. The molecule has 0 aliphatic carbocycles. The number of amides is 1. The van der Waals surface area contributed by atoms with Gasteiger partial charge in [0.2, 0.25) is 21.7 Å². The molecule has 1 aliphatic heterocycles. The Bertz CT molecular complexity index is 1110. The van der Waals surface area contributed by atoms with Crippen molar-refractivity contribution in [3.63, 3.8) is 0 Å². The zero-order chi connectivity index (χ0) is 25.8. The van der Waals surface area contributed by atoms with Gasteiger partial charge < -0.3 is 24.3 Å². The van der Waals surface area contributed by atoms with Gasteiger partial charge in [-0.1, -0.05) is 13.8 Å². The van der Waals surface area contributed by atoms with Crippen molar-refractivity contribution in [1.82, 2.24) is 9.62 Å². The monoisotopic (exact) mass is 506 g/mol. The second-order valence-electron chi connectivity index (χ2n) is 8.81. The van der Waals surface area contributed by atoms with E-state index >= 15 is 0 Å². The summed E-state index contributed by atoms with van der Waals surface area (Å²) < 4.78 is 49.9. The van der Waals surface area contributed by atoms with Crippen molar-refractivity contribution in [2.24, 2.45) is 11.8 Å². The number of benzene rings is 2. The molecule has 0 aromatic heterocycles. The molecule has 35 heavy (non-hydrogen) atoms. The number of ether oxygens (including phenoxy) is 4. The molecule has 192 valence electrons. The number of carbonyl (C=O) groups is 1. The summed E-state index contributed by atoms with van der Waals surface area (Å²) in [5, 5.41) is 2.97. The Morgan fingerprint density at radius 1 is 0.971 bits per heavy atom. The highest BCUT2D eigenvalue weighted by atomic mass is 32.2. The predicted molar refractivity (Wildman–Crippen MR) is 132 cm³/mol. The molecule has 10 heteroatoms. The van der Waals surface area contributed by atoms with Crippen molar-refractivity contribution >= 4 is 15.9 Å². The van der Waals surface area contributed by atoms with Gasteiger partial charge in [0.1, 0.15) is 5.75 Å². The summed E-state index contributed by atoms with van der Waals surface area (Å²) in [5.41, 5.74) is 0.733. The highest BCUT2D eigenvalue weighted by molar-refractivity contribution is 7.89. The first-order valence-electron chi connectivity index (χ1n) is 11.4. The molecule has 1 N–H and O–H groups in total. The Hall–Kier alpha value is -2.98. The largest absolute Gasteiger partial charge is 0.497 e. The molecular weight excluding hydrogens is 472 g/mol. The number of methoxy groups -OCH3 is 4. The van der Waals surface area contributed by atoms with Crippen LogP contribution in [0.1, 0.15) is 25.3 Å². The Kier molecular flexibility index (Phi) is 8.50. The second-order valence-corrected chi connectivity index (χ2v) is 10.7. The molecule has 0 saturated carbocycles. The summed E-state index contributed by atoms with van der Waals surface area (Å²) >= 11 is 0. The molecule has 1 aliphatic rings. The van der Waals surface area contributed by atoms with Crippen molar-refractivity contribution in [3.05, 3.63) is 42.0 Å². The van der Waals surface area contributed by atoms with E-state index in [1.807, 2.05) is 13.8 Å². The SMILES string of the molecule is COc1ccc(S(=O)(=O)N2C[C@H](C(=O)NCC(C)C)[C@H](c3cc(OC)c(OC)c(OC)c3)C2)cc1. The Morgan fingerprint density at radius 2 is 1.57 bits per heavy atom. The van der Waals surface area contributed by atoms with Gasteiger partial charge in [0.05, 0.1) is 39.3 Å². The van der Waals surface area contributed by atoms with Gasteiger partial charge >= 0.3 is 0 Å². The number of hydrogen-bond acceptors (Lipinski definition) is 7. The standard InChI is InChI=1S/C25H34N2O7S/c1-16(2)13-26-25(28)21-15-27(35(29,30)19-9-7-18(31-3)8-10-19)14-20(21)17-11-22(32-4)24(34-6)23(12-17)33-5/h7-12,16,20-21H,13-15H2,1-6H3,(H,26,28)/t20-,21-/m0/s1. The summed E-state index contributed by atoms with van der Waals surface area (Å²) in [6, 6.07) is 9.78. The molecule has 0 spiro atoms. The normalized spacial score (nSPS) is 18.4. The van der Waals surface area contributed by atoms with Crippen molar-refractivity contribution in [1.29, 1.82) is 0 Å². The summed E-state index contributed by atoms with van der Waals surface area (Å²) in [6.07, 6.45) is 0. The molecule has 0 unspecified atom stereocenters. The summed E-state index contributed by atoms with van der Waals surface area (Å²) in [6.45, 7) is 4.70. The molecular formula is C25H34N2O7S. The topological polar surface area (TPSA) is 103 Å². The maximum absolute atomic E-state index is 13.5. The van der Waals surface area contributed by atoms with Crippen LogP contribution in [-0.4, -0.2) is 66.7 Å². The van der Waals surface area contributed by atoms with Gasteiger partial charge in [-0.25, -0.2) is 8.42 Å². The third-order valence-corrected chi connectivity index (χ3v) is 7.97. The van der Waals surface area contributed by atoms with Crippen LogP contribution in [0.3, 0.4) is 0 Å².